The molecule has 1 atom stereocenters. The molecule has 0 aliphatic rings. The van der Waals surface area contributed by atoms with Crippen LogP contribution in [0.5, 0.6) is 0 Å². The SMILES string of the molecule is Cc1cccc(C(NN)c2cccc3ccncc23)c1I. The number of hydrogen-bond donors (Lipinski definition) is 2. The molecule has 0 saturated heterocycles. The van der Waals surface area contributed by atoms with Crippen molar-refractivity contribution in [3.8, 4) is 0 Å². The summed E-state index contributed by atoms with van der Waals surface area (Å²) in [6.45, 7) is 2.11. The number of nitrogens with two attached hydrogens (primary N) is 1. The Morgan fingerprint density at radius 3 is 2.67 bits per heavy atom. The number of benzene rings is 2. The fourth-order valence-electron chi connectivity index (χ4n) is 2.63. The number of fused-ring (bicyclic) bond motifs is 1. The lowest BCUT2D eigenvalue weighted by atomic mass is 9.94. The average molecular weight is 389 g/mol. The zero-order chi connectivity index (χ0) is 14.8. The number of pyridine rings is 1. The summed E-state index contributed by atoms with van der Waals surface area (Å²) in [5.74, 6) is 5.87. The summed E-state index contributed by atoms with van der Waals surface area (Å²) in [5.41, 5.74) is 6.55. The normalized spacial score (nSPS) is 12.5. The Labute approximate surface area is 137 Å². The van der Waals surface area contributed by atoms with E-state index in [1.54, 1.807) is 0 Å². The van der Waals surface area contributed by atoms with E-state index in [9.17, 15) is 0 Å². The molecular formula is C17H16IN3. The Bertz CT molecular complexity index is 781. The summed E-state index contributed by atoms with van der Waals surface area (Å²) >= 11 is 2.38. The van der Waals surface area contributed by atoms with E-state index in [-0.39, 0.29) is 6.04 Å². The van der Waals surface area contributed by atoms with Crippen LogP contribution in [0.25, 0.3) is 10.8 Å². The predicted molar refractivity (Wildman–Crippen MR) is 94.8 cm³/mol. The summed E-state index contributed by atoms with van der Waals surface area (Å²) in [4.78, 5) is 4.25. The van der Waals surface area contributed by atoms with E-state index < -0.39 is 0 Å². The maximum Gasteiger partial charge on any atom is 0.0726 e. The fourth-order valence-corrected chi connectivity index (χ4v) is 3.30. The Kier molecular flexibility index (Phi) is 4.19. The quantitative estimate of drug-likeness (QED) is 0.408. The summed E-state index contributed by atoms with van der Waals surface area (Å²) in [7, 11) is 0. The molecule has 3 N–H and O–H groups in total. The average Bonchev–Trinajstić information content (AvgIpc) is 2.52. The van der Waals surface area contributed by atoms with Crippen LogP contribution in [-0.2, 0) is 0 Å². The van der Waals surface area contributed by atoms with E-state index in [0.29, 0.717) is 0 Å². The zero-order valence-electron chi connectivity index (χ0n) is 11.7. The summed E-state index contributed by atoms with van der Waals surface area (Å²) in [6, 6.07) is 14.5. The van der Waals surface area contributed by atoms with E-state index in [2.05, 4.69) is 76.3 Å². The van der Waals surface area contributed by atoms with Gasteiger partial charge in [-0.05, 0) is 57.7 Å². The number of aromatic nitrogens is 1. The third kappa shape index (κ3) is 2.66. The lowest BCUT2D eigenvalue weighted by Gasteiger charge is -2.21. The largest absolute Gasteiger partial charge is 0.271 e. The molecule has 0 bridgehead atoms. The van der Waals surface area contributed by atoms with E-state index in [0.717, 1.165) is 10.9 Å². The van der Waals surface area contributed by atoms with Gasteiger partial charge in [0.2, 0.25) is 0 Å². The van der Waals surface area contributed by atoms with Crippen molar-refractivity contribution in [2.24, 2.45) is 5.84 Å². The van der Waals surface area contributed by atoms with Crippen molar-refractivity contribution in [1.82, 2.24) is 10.4 Å². The van der Waals surface area contributed by atoms with Crippen LogP contribution in [0.3, 0.4) is 0 Å². The molecule has 2 aromatic carbocycles. The second kappa shape index (κ2) is 6.09. The van der Waals surface area contributed by atoms with Gasteiger partial charge in [0.1, 0.15) is 0 Å². The van der Waals surface area contributed by atoms with E-state index in [4.69, 9.17) is 5.84 Å². The number of halogens is 1. The molecule has 1 aromatic heterocycles. The molecule has 106 valence electrons. The molecule has 0 fully saturated rings. The third-order valence-electron chi connectivity index (χ3n) is 3.73. The van der Waals surface area contributed by atoms with Crippen LogP contribution in [0, 0.1) is 10.5 Å². The number of aryl methyl sites for hydroxylation is 1. The molecule has 0 aliphatic heterocycles. The molecule has 0 amide bonds. The van der Waals surface area contributed by atoms with Gasteiger partial charge in [-0.25, -0.2) is 5.43 Å². The van der Waals surface area contributed by atoms with Crippen molar-refractivity contribution in [2.75, 3.05) is 0 Å². The molecule has 1 unspecified atom stereocenters. The minimum absolute atomic E-state index is 0.0512. The highest BCUT2D eigenvalue weighted by molar-refractivity contribution is 14.1. The van der Waals surface area contributed by atoms with Gasteiger partial charge in [-0.3, -0.25) is 10.8 Å². The van der Waals surface area contributed by atoms with Crippen LogP contribution < -0.4 is 11.3 Å². The Balaban J connectivity index is 2.21. The maximum atomic E-state index is 5.87. The minimum atomic E-state index is -0.0512. The molecule has 3 nitrogen and oxygen atoms in total. The van der Waals surface area contributed by atoms with Crippen LogP contribution in [0.1, 0.15) is 22.7 Å². The molecule has 21 heavy (non-hydrogen) atoms. The molecule has 4 heteroatoms. The summed E-state index contributed by atoms with van der Waals surface area (Å²) in [5, 5.41) is 2.30. The summed E-state index contributed by atoms with van der Waals surface area (Å²) in [6.07, 6.45) is 3.71. The van der Waals surface area contributed by atoms with Crippen molar-refractivity contribution in [2.45, 2.75) is 13.0 Å². The molecule has 3 aromatic rings. The lowest BCUT2D eigenvalue weighted by molar-refractivity contribution is 0.637. The van der Waals surface area contributed by atoms with Crippen LogP contribution >= 0.6 is 22.6 Å². The molecule has 1 heterocycles. The molecule has 0 saturated carbocycles. The van der Waals surface area contributed by atoms with Gasteiger partial charge in [0.15, 0.2) is 0 Å². The Morgan fingerprint density at radius 1 is 1.10 bits per heavy atom. The second-order valence-electron chi connectivity index (χ2n) is 5.02. The molecule has 3 rings (SSSR count). The first kappa shape index (κ1) is 14.4. The molecule has 0 radical (unpaired) electrons. The monoisotopic (exact) mass is 389 g/mol. The van der Waals surface area contributed by atoms with Crippen LogP contribution in [-0.4, -0.2) is 4.98 Å². The van der Waals surface area contributed by atoms with Crippen LogP contribution in [0.2, 0.25) is 0 Å². The van der Waals surface area contributed by atoms with Crippen molar-refractivity contribution < 1.29 is 0 Å². The Morgan fingerprint density at radius 2 is 1.86 bits per heavy atom. The summed E-state index contributed by atoms with van der Waals surface area (Å²) < 4.78 is 1.24. The minimum Gasteiger partial charge on any atom is -0.271 e. The maximum absolute atomic E-state index is 5.87. The number of nitrogens with one attached hydrogen (secondary N) is 1. The van der Waals surface area contributed by atoms with Gasteiger partial charge in [-0.2, -0.15) is 0 Å². The topological polar surface area (TPSA) is 50.9 Å². The van der Waals surface area contributed by atoms with Gasteiger partial charge in [-0.1, -0.05) is 36.4 Å². The van der Waals surface area contributed by atoms with Gasteiger partial charge in [-0.15, -0.1) is 0 Å². The van der Waals surface area contributed by atoms with Crippen molar-refractivity contribution >= 4 is 33.4 Å². The highest BCUT2D eigenvalue weighted by Crippen LogP contribution is 2.31. The van der Waals surface area contributed by atoms with Gasteiger partial charge in [0.25, 0.3) is 0 Å². The second-order valence-corrected chi connectivity index (χ2v) is 6.10. The first-order valence-corrected chi connectivity index (χ1v) is 7.84. The smallest absolute Gasteiger partial charge is 0.0726 e. The van der Waals surface area contributed by atoms with E-state index >= 15 is 0 Å². The third-order valence-corrected chi connectivity index (χ3v) is 5.20. The van der Waals surface area contributed by atoms with Gasteiger partial charge < -0.3 is 0 Å². The number of nitrogens with zero attached hydrogens (tertiary/aromatic N) is 1. The van der Waals surface area contributed by atoms with Crippen molar-refractivity contribution in [1.29, 1.82) is 0 Å². The van der Waals surface area contributed by atoms with Gasteiger partial charge >= 0.3 is 0 Å². The van der Waals surface area contributed by atoms with E-state index in [1.165, 1.54) is 20.1 Å². The van der Waals surface area contributed by atoms with Crippen LogP contribution in [0.15, 0.2) is 54.9 Å². The van der Waals surface area contributed by atoms with Crippen LogP contribution in [0.4, 0.5) is 0 Å². The fraction of sp³-hybridized carbons (Fsp3) is 0.118. The Hall–Kier alpha value is -1.50. The molecule has 0 aliphatic carbocycles. The van der Waals surface area contributed by atoms with Gasteiger partial charge in [0.05, 0.1) is 6.04 Å². The van der Waals surface area contributed by atoms with E-state index in [1.807, 2.05) is 18.5 Å². The molecule has 0 spiro atoms. The first-order chi connectivity index (χ1) is 10.2. The number of rotatable bonds is 3. The first-order valence-electron chi connectivity index (χ1n) is 6.76. The standard InChI is InChI=1S/C17H16IN3/c1-11-4-2-7-14(16(11)18)17(21-19)13-6-3-5-12-8-9-20-10-15(12)13/h2-10,17,21H,19H2,1H3. The predicted octanol–water partition coefficient (Wildman–Crippen LogP) is 3.70. The zero-order valence-corrected chi connectivity index (χ0v) is 13.8. The lowest BCUT2D eigenvalue weighted by Crippen LogP contribution is -2.29. The number of hydrogen-bond acceptors (Lipinski definition) is 3. The highest BCUT2D eigenvalue weighted by Gasteiger charge is 2.18. The van der Waals surface area contributed by atoms with Gasteiger partial charge in [0, 0.05) is 21.4 Å². The van der Waals surface area contributed by atoms with Crippen molar-refractivity contribution in [3.63, 3.8) is 0 Å². The highest BCUT2D eigenvalue weighted by atomic mass is 127. The number of hydrazine groups is 1. The van der Waals surface area contributed by atoms with Crippen molar-refractivity contribution in [3.05, 3.63) is 75.1 Å². The molecular weight excluding hydrogens is 373 g/mol.